The second kappa shape index (κ2) is 5.13. The van der Waals surface area contributed by atoms with E-state index in [0.717, 1.165) is 5.52 Å². The summed E-state index contributed by atoms with van der Waals surface area (Å²) < 4.78 is 0. The monoisotopic (exact) mass is 323 g/mol. The van der Waals surface area contributed by atoms with Gasteiger partial charge in [-0.1, -0.05) is 40.9 Å². The van der Waals surface area contributed by atoms with E-state index in [1.807, 2.05) is 12.1 Å². The van der Waals surface area contributed by atoms with Crippen LogP contribution in [-0.4, -0.2) is 10.8 Å². The first-order valence-electron chi connectivity index (χ1n) is 5.83. The summed E-state index contributed by atoms with van der Waals surface area (Å²) in [6, 6.07) is 10.2. The molecule has 20 heavy (non-hydrogen) atoms. The third kappa shape index (κ3) is 2.20. The largest absolute Gasteiger partial charge is 0.360 e. The van der Waals surface area contributed by atoms with Crippen LogP contribution in [0.3, 0.4) is 0 Å². The summed E-state index contributed by atoms with van der Waals surface area (Å²) in [5.74, 6) is -0.189. The van der Waals surface area contributed by atoms with E-state index in [9.17, 15) is 4.79 Å². The molecular formula is C15H8Cl3NO. The van der Waals surface area contributed by atoms with Gasteiger partial charge in [-0.3, -0.25) is 4.79 Å². The van der Waals surface area contributed by atoms with Gasteiger partial charge in [0, 0.05) is 33.2 Å². The number of carbonyl (C=O) groups excluding carboxylic acids is 1. The standard InChI is InChI=1S/C15H8Cl3NO/c16-8-4-5-9(12(18)6-8)15(20)10-7-19-13-3-1-2-11(17)14(10)13/h1-7,19H. The number of carbonyl (C=O) groups is 1. The summed E-state index contributed by atoms with van der Waals surface area (Å²) in [5.41, 5.74) is 1.71. The molecule has 0 unspecified atom stereocenters. The average molecular weight is 325 g/mol. The minimum atomic E-state index is -0.189. The van der Waals surface area contributed by atoms with E-state index in [2.05, 4.69) is 4.98 Å². The van der Waals surface area contributed by atoms with E-state index in [1.165, 1.54) is 0 Å². The van der Waals surface area contributed by atoms with Gasteiger partial charge in [0.1, 0.15) is 0 Å². The molecule has 1 aromatic heterocycles. The fourth-order valence-corrected chi connectivity index (χ4v) is 2.91. The van der Waals surface area contributed by atoms with Crippen molar-refractivity contribution in [2.75, 3.05) is 0 Å². The van der Waals surface area contributed by atoms with Crippen LogP contribution in [-0.2, 0) is 0 Å². The molecule has 0 atom stereocenters. The first kappa shape index (κ1) is 13.5. The van der Waals surface area contributed by atoms with Gasteiger partial charge in [-0.05, 0) is 30.3 Å². The van der Waals surface area contributed by atoms with Crippen LogP contribution in [0.2, 0.25) is 15.1 Å². The lowest BCUT2D eigenvalue weighted by Crippen LogP contribution is -2.01. The van der Waals surface area contributed by atoms with Gasteiger partial charge in [-0.2, -0.15) is 0 Å². The zero-order valence-corrected chi connectivity index (χ0v) is 12.4. The molecule has 2 aromatic carbocycles. The molecule has 1 heterocycles. The Bertz CT molecular complexity index is 823. The molecule has 0 amide bonds. The van der Waals surface area contributed by atoms with Crippen LogP contribution in [0, 0.1) is 0 Å². The van der Waals surface area contributed by atoms with Crippen LogP contribution in [0.15, 0.2) is 42.6 Å². The van der Waals surface area contributed by atoms with Gasteiger partial charge < -0.3 is 4.98 Å². The summed E-state index contributed by atoms with van der Waals surface area (Å²) in [5, 5.41) is 2.04. The minimum absolute atomic E-state index is 0.189. The van der Waals surface area contributed by atoms with Crippen LogP contribution < -0.4 is 0 Å². The van der Waals surface area contributed by atoms with Gasteiger partial charge in [0.2, 0.25) is 0 Å². The van der Waals surface area contributed by atoms with Crippen molar-refractivity contribution < 1.29 is 4.79 Å². The Hall–Kier alpha value is -1.48. The van der Waals surface area contributed by atoms with Gasteiger partial charge in [-0.15, -0.1) is 0 Å². The van der Waals surface area contributed by atoms with Crippen LogP contribution >= 0.6 is 34.8 Å². The fourth-order valence-electron chi connectivity index (χ4n) is 2.14. The molecule has 3 rings (SSSR count). The van der Waals surface area contributed by atoms with Gasteiger partial charge in [0.15, 0.2) is 5.78 Å². The Balaban J connectivity index is 2.18. The summed E-state index contributed by atoms with van der Waals surface area (Å²) in [6.45, 7) is 0. The lowest BCUT2D eigenvalue weighted by Gasteiger charge is -2.04. The number of benzene rings is 2. The van der Waals surface area contributed by atoms with Crippen LogP contribution in [0.25, 0.3) is 10.9 Å². The molecule has 0 fully saturated rings. The number of hydrogen-bond donors (Lipinski definition) is 1. The van der Waals surface area contributed by atoms with Gasteiger partial charge in [0.25, 0.3) is 0 Å². The van der Waals surface area contributed by atoms with E-state index >= 15 is 0 Å². The fraction of sp³-hybridized carbons (Fsp3) is 0. The minimum Gasteiger partial charge on any atom is -0.360 e. The summed E-state index contributed by atoms with van der Waals surface area (Å²) in [6.07, 6.45) is 1.64. The molecule has 5 heteroatoms. The van der Waals surface area contributed by atoms with E-state index in [0.29, 0.717) is 31.6 Å². The molecule has 0 aliphatic rings. The molecule has 0 saturated heterocycles. The van der Waals surface area contributed by atoms with E-state index in [1.54, 1.807) is 30.5 Å². The highest BCUT2D eigenvalue weighted by molar-refractivity contribution is 6.40. The Morgan fingerprint density at radius 2 is 1.75 bits per heavy atom. The number of rotatable bonds is 2. The van der Waals surface area contributed by atoms with Gasteiger partial charge >= 0.3 is 0 Å². The topological polar surface area (TPSA) is 32.9 Å². The third-order valence-corrected chi connectivity index (χ3v) is 3.94. The molecule has 0 radical (unpaired) electrons. The van der Waals surface area contributed by atoms with Crippen molar-refractivity contribution in [3.05, 3.63) is 68.8 Å². The molecule has 0 saturated carbocycles. The number of fused-ring (bicyclic) bond motifs is 1. The second-order valence-electron chi connectivity index (χ2n) is 4.32. The van der Waals surface area contributed by atoms with Crippen LogP contribution in [0.4, 0.5) is 0 Å². The second-order valence-corrected chi connectivity index (χ2v) is 5.57. The van der Waals surface area contributed by atoms with Crippen molar-refractivity contribution >= 4 is 51.5 Å². The van der Waals surface area contributed by atoms with Crippen molar-refractivity contribution in [3.63, 3.8) is 0 Å². The maximum absolute atomic E-state index is 12.6. The first-order valence-corrected chi connectivity index (χ1v) is 6.96. The Morgan fingerprint density at radius 3 is 2.50 bits per heavy atom. The number of aromatic amines is 1. The highest BCUT2D eigenvalue weighted by atomic mass is 35.5. The van der Waals surface area contributed by atoms with Crippen molar-refractivity contribution in [2.24, 2.45) is 0 Å². The molecule has 0 bridgehead atoms. The normalized spacial score (nSPS) is 10.9. The summed E-state index contributed by atoms with van der Waals surface area (Å²) in [7, 11) is 0. The number of nitrogens with one attached hydrogen (secondary N) is 1. The number of H-pyrrole nitrogens is 1. The number of ketones is 1. The Morgan fingerprint density at radius 1 is 0.950 bits per heavy atom. The van der Waals surface area contributed by atoms with E-state index in [4.69, 9.17) is 34.8 Å². The molecule has 3 aromatic rings. The third-order valence-electron chi connectivity index (χ3n) is 3.08. The van der Waals surface area contributed by atoms with Crippen molar-refractivity contribution in [2.45, 2.75) is 0 Å². The Kier molecular flexibility index (Phi) is 3.47. The van der Waals surface area contributed by atoms with Gasteiger partial charge in [0.05, 0.1) is 10.0 Å². The molecule has 2 nitrogen and oxygen atoms in total. The molecular weight excluding hydrogens is 317 g/mol. The number of aromatic nitrogens is 1. The molecule has 0 spiro atoms. The first-order chi connectivity index (χ1) is 9.58. The SMILES string of the molecule is O=C(c1ccc(Cl)cc1Cl)c1c[nH]c2cccc(Cl)c12. The zero-order chi connectivity index (χ0) is 14.3. The lowest BCUT2D eigenvalue weighted by atomic mass is 10.0. The molecule has 1 N–H and O–H groups in total. The van der Waals surface area contributed by atoms with Gasteiger partial charge in [-0.25, -0.2) is 0 Å². The van der Waals surface area contributed by atoms with Crippen LogP contribution in [0.1, 0.15) is 15.9 Å². The predicted octanol–water partition coefficient (Wildman–Crippen LogP) is 5.36. The smallest absolute Gasteiger partial charge is 0.196 e. The van der Waals surface area contributed by atoms with Crippen LogP contribution in [0.5, 0.6) is 0 Å². The highest BCUT2D eigenvalue weighted by Gasteiger charge is 2.18. The summed E-state index contributed by atoms with van der Waals surface area (Å²) in [4.78, 5) is 15.6. The zero-order valence-electron chi connectivity index (χ0n) is 10.1. The molecule has 100 valence electrons. The van der Waals surface area contributed by atoms with Crippen molar-refractivity contribution in [3.8, 4) is 0 Å². The quantitative estimate of drug-likeness (QED) is 0.632. The maximum Gasteiger partial charge on any atom is 0.196 e. The van der Waals surface area contributed by atoms with Crippen molar-refractivity contribution in [1.29, 1.82) is 0 Å². The van der Waals surface area contributed by atoms with E-state index < -0.39 is 0 Å². The predicted molar refractivity (Wildman–Crippen MR) is 83.2 cm³/mol. The number of halogens is 3. The Labute approximate surface area is 130 Å². The lowest BCUT2D eigenvalue weighted by molar-refractivity contribution is 0.104. The van der Waals surface area contributed by atoms with Crippen molar-refractivity contribution in [1.82, 2.24) is 4.98 Å². The molecule has 0 aliphatic heterocycles. The maximum atomic E-state index is 12.6. The highest BCUT2D eigenvalue weighted by Crippen LogP contribution is 2.30. The number of hydrogen-bond acceptors (Lipinski definition) is 1. The summed E-state index contributed by atoms with van der Waals surface area (Å²) >= 11 is 18.1. The van der Waals surface area contributed by atoms with E-state index in [-0.39, 0.29) is 5.78 Å². The molecule has 0 aliphatic carbocycles. The average Bonchev–Trinajstić information content (AvgIpc) is 2.83.